The molecule has 0 unspecified atom stereocenters. The number of amides is 1. The Bertz CT molecular complexity index is 835. The van der Waals surface area contributed by atoms with Gasteiger partial charge in [-0.05, 0) is 31.0 Å². The first-order chi connectivity index (χ1) is 11.5. The maximum Gasteiger partial charge on any atom is 0.442 e. The lowest BCUT2D eigenvalue weighted by Crippen LogP contribution is -2.69. The number of hydrogen-bond acceptors (Lipinski definition) is 6. The van der Waals surface area contributed by atoms with Crippen LogP contribution >= 0.6 is 11.3 Å². The topological polar surface area (TPSA) is 80.3 Å². The molecule has 1 aromatic carbocycles. The molecule has 1 aromatic heterocycles. The Morgan fingerprint density at radius 3 is 2.40 bits per heavy atom. The van der Waals surface area contributed by atoms with Crippen LogP contribution in [0.3, 0.4) is 0 Å². The van der Waals surface area contributed by atoms with Crippen molar-refractivity contribution in [3.8, 4) is 0 Å². The van der Waals surface area contributed by atoms with Crippen LogP contribution in [0.15, 0.2) is 12.1 Å². The van der Waals surface area contributed by atoms with E-state index in [0.29, 0.717) is 10.2 Å². The van der Waals surface area contributed by atoms with Crippen LogP contribution < -0.4 is 10.6 Å². The van der Waals surface area contributed by atoms with E-state index >= 15 is 0 Å². The van der Waals surface area contributed by atoms with Crippen LogP contribution in [0.1, 0.15) is 18.1 Å². The zero-order chi connectivity index (χ0) is 19.0. The monoisotopic (exact) mass is 375 g/mol. The van der Waals surface area contributed by atoms with Gasteiger partial charge in [-0.15, -0.1) is 0 Å². The number of nitrogens with zero attached hydrogens (tertiary/aromatic N) is 1. The molecule has 6 nitrogen and oxygen atoms in total. The Morgan fingerprint density at radius 2 is 1.88 bits per heavy atom. The molecule has 136 valence electrons. The fraction of sp³-hybridized carbons (Fsp3) is 0.400. The molecule has 2 aromatic rings. The molecule has 0 radical (unpaired) electrons. The summed E-state index contributed by atoms with van der Waals surface area (Å²) in [6.45, 7) is 4.51. The number of halogens is 3. The molecule has 0 saturated heterocycles. The van der Waals surface area contributed by atoms with Crippen molar-refractivity contribution in [2.24, 2.45) is 0 Å². The lowest BCUT2D eigenvalue weighted by Gasteiger charge is -2.33. The van der Waals surface area contributed by atoms with Crippen LogP contribution in [0.4, 0.5) is 18.3 Å². The summed E-state index contributed by atoms with van der Waals surface area (Å²) in [5.41, 5.74) is -1.20. The minimum absolute atomic E-state index is 0.167. The first-order valence-corrected chi connectivity index (χ1v) is 7.91. The second-order valence-corrected chi connectivity index (χ2v) is 6.52. The van der Waals surface area contributed by atoms with Crippen LogP contribution in [0.2, 0.25) is 0 Å². The summed E-state index contributed by atoms with van der Waals surface area (Å²) in [5.74, 6) is -2.74. The van der Waals surface area contributed by atoms with E-state index in [-0.39, 0.29) is 5.13 Å². The highest BCUT2D eigenvalue weighted by Crippen LogP contribution is 2.36. The van der Waals surface area contributed by atoms with Gasteiger partial charge in [0.25, 0.3) is 0 Å². The predicted octanol–water partition coefficient (Wildman–Crippen LogP) is 2.89. The number of carbonyl (C=O) groups excluding carboxylic acids is 2. The Kier molecular flexibility index (Phi) is 4.94. The zero-order valence-electron chi connectivity index (χ0n) is 13.9. The molecular weight excluding hydrogens is 359 g/mol. The molecule has 2 rings (SSSR count). The van der Waals surface area contributed by atoms with Crippen molar-refractivity contribution >= 4 is 38.6 Å². The van der Waals surface area contributed by atoms with E-state index in [2.05, 4.69) is 9.72 Å². The Hall–Kier alpha value is -2.36. The molecule has 0 aliphatic carbocycles. The van der Waals surface area contributed by atoms with Gasteiger partial charge in [0.15, 0.2) is 5.13 Å². The molecule has 0 spiro atoms. The summed E-state index contributed by atoms with van der Waals surface area (Å²) in [6.07, 6.45) is -5.16. The maximum atomic E-state index is 13.7. The fourth-order valence-corrected chi connectivity index (χ4v) is 3.49. The minimum Gasteiger partial charge on any atom is -0.466 e. The third kappa shape index (κ3) is 3.53. The first kappa shape index (κ1) is 19.0. The van der Waals surface area contributed by atoms with Crippen molar-refractivity contribution in [1.29, 1.82) is 0 Å². The molecule has 0 bridgehead atoms. The molecule has 0 saturated carbocycles. The highest BCUT2D eigenvalue weighted by molar-refractivity contribution is 7.22. The van der Waals surface area contributed by atoms with E-state index in [4.69, 9.17) is 0 Å². The number of ether oxygens (including phenoxy) is 1. The average Bonchev–Trinajstić information content (AvgIpc) is 2.86. The number of anilines is 1. The number of aromatic nitrogens is 1. The highest BCUT2D eigenvalue weighted by atomic mass is 32.1. The maximum absolute atomic E-state index is 13.7. The van der Waals surface area contributed by atoms with Gasteiger partial charge in [0.2, 0.25) is 5.91 Å². The van der Waals surface area contributed by atoms with E-state index in [1.54, 1.807) is 18.3 Å². The van der Waals surface area contributed by atoms with Crippen molar-refractivity contribution < 1.29 is 27.5 Å². The van der Waals surface area contributed by atoms with Crippen molar-refractivity contribution in [2.75, 3.05) is 12.4 Å². The molecule has 0 fully saturated rings. The largest absolute Gasteiger partial charge is 0.466 e. The molecule has 10 heteroatoms. The summed E-state index contributed by atoms with van der Waals surface area (Å²) in [5, 5.41) is 3.48. The van der Waals surface area contributed by atoms with Gasteiger partial charge in [0.05, 0.1) is 17.3 Å². The van der Waals surface area contributed by atoms with Gasteiger partial charge >= 0.3 is 17.8 Å². The number of thiazole rings is 1. The third-order valence-electron chi connectivity index (χ3n) is 3.40. The number of alkyl halides is 3. The van der Waals surface area contributed by atoms with Crippen LogP contribution in [-0.4, -0.2) is 35.8 Å². The Morgan fingerprint density at radius 1 is 1.24 bits per heavy atom. The van der Waals surface area contributed by atoms with Crippen LogP contribution in [-0.2, 0) is 14.3 Å². The van der Waals surface area contributed by atoms with Crippen molar-refractivity contribution in [1.82, 2.24) is 10.3 Å². The second-order valence-electron chi connectivity index (χ2n) is 5.49. The van der Waals surface area contributed by atoms with Crippen molar-refractivity contribution in [3.63, 3.8) is 0 Å². The normalized spacial score (nSPS) is 14.0. The summed E-state index contributed by atoms with van der Waals surface area (Å²) in [6, 6.07) is 3.62. The van der Waals surface area contributed by atoms with Gasteiger partial charge in [-0.25, -0.2) is 9.78 Å². The molecule has 2 N–H and O–H groups in total. The van der Waals surface area contributed by atoms with Crippen LogP contribution in [0.5, 0.6) is 0 Å². The van der Waals surface area contributed by atoms with Gasteiger partial charge in [-0.3, -0.25) is 4.79 Å². The Labute approximate surface area is 145 Å². The smallest absolute Gasteiger partial charge is 0.442 e. The van der Waals surface area contributed by atoms with Crippen LogP contribution in [0.25, 0.3) is 10.2 Å². The SMILES string of the molecule is COC(=O)[C@](NC(C)=O)(Nc1nc2c(C)cc(C)cc2s1)C(F)(F)F. The van der Waals surface area contributed by atoms with Gasteiger partial charge in [0, 0.05) is 6.92 Å². The second kappa shape index (κ2) is 6.51. The number of esters is 1. The van der Waals surface area contributed by atoms with E-state index in [9.17, 15) is 22.8 Å². The first-order valence-electron chi connectivity index (χ1n) is 7.10. The lowest BCUT2D eigenvalue weighted by molar-refractivity contribution is -0.206. The van der Waals surface area contributed by atoms with E-state index < -0.39 is 23.7 Å². The third-order valence-corrected chi connectivity index (χ3v) is 4.32. The number of hydrogen-bond donors (Lipinski definition) is 2. The minimum atomic E-state index is -5.16. The summed E-state index contributed by atoms with van der Waals surface area (Å²) < 4.78 is 45.9. The number of methoxy groups -OCH3 is 1. The molecule has 25 heavy (non-hydrogen) atoms. The van der Waals surface area contributed by atoms with E-state index in [1.165, 1.54) is 0 Å². The fourth-order valence-electron chi connectivity index (χ4n) is 2.39. The van der Waals surface area contributed by atoms with Gasteiger partial charge in [-0.2, -0.15) is 13.2 Å². The summed E-state index contributed by atoms with van der Waals surface area (Å²) in [7, 11) is 0.804. The molecule has 1 heterocycles. The summed E-state index contributed by atoms with van der Waals surface area (Å²) >= 11 is 0.942. The zero-order valence-corrected chi connectivity index (χ0v) is 14.7. The number of carbonyl (C=O) groups is 2. The number of nitrogens with one attached hydrogen (secondary N) is 2. The molecule has 0 aliphatic rings. The number of fused-ring (bicyclic) bond motifs is 1. The average molecular weight is 375 g/mol. The van der Waals surface area contributed by atoms with Crippen molar-refractivity contribution in [2.45, 2.75) is 32.6 Å². The highest BCUT2D eigenvalue weighted by Gasteiger charge is 2.63. The van der Waals surface area contributed by atoms with Crippen LogP contribution in [0, 0.1) is 13.8 Å². The van der Waals surface area contributed by atoms with Gasteiger partial charge < -0.3 is 15.4 Å². The predicted molar refractivity (Wildman–Crippen MR) is 87.3 cm³/mol. The van der Waals surface area contributed by atoms with E-state index in [0.717, 1.165) is 36.5 Å². The van der Waals surface area contributed by atoms with Gasteiger partial charge in [0.1, 0.15) is 0 Å². The van der Waals surface area contributed by atoms with E-state index in [1.807, 2.05) is 18.3 Å². The standard InChI is InChI=1S/C15H16F3N3O3S/c1-7-5-8(2)11-10(6-7)25-13(19-11)21-14(12(23)24-4,15(16,17)18)20-9(3)22/h5-6H,1-4H3,(H,19,21)(H,20,22)/t14-/m0/s1. The Balaban J connectivity index is 2.58. The number of rotatable bonds is 4. The summed E-state index contributed by atoms with van der Waals surface area (Å²) in [4.78, 5) is 27.3. The van der Waals surface area contributed by atoms with Gasteiger partial charge in [-0.1, -0.05) is 17.4 Å². The molecule has 1 amide bonds. The number of benzene rings is 1. The molecular formula is C15H16F3N3O3S. The quantitative estimate of drug-likeness (QED) is 0.635. The molecule has 0 aliphatic heterocycles. The lowest BCUT2D eigenvalue weighted by atomic mass is 10.1. The number of aryl methyl sites for hydroxylation is 2. The van der Waals surface area contributed by atoms with Crippen molar-refractivity contribution in [3.05, 3.63) is 23.3 Å². The molecule has 1 atom stereocenters.